The zero-order valence-electron chi connectivity index (χ0n) is 13.7. The molecule has 6 nitrogen and oxygen atoms in total. The summed E-state index contributed by atoms with van der Waals surface area (Å²) in [6.07, 6.45) is 2.47. The fraction of sp³-hybridized carbons (Fsp3) is 0.412. The average Bonchev–Trinajstić information content (AvgIpc) is 3.02. The lowest BCUT2D eigenvalue weighted by molar-refractivity contribution is -0.132. The van der Waals surface area contributed by atoms with Crippen LogP contribution in [0.15, 0.2) is 24.4 Å². The van der Waals surface area contributed by atoms with Gasteiger partial charge in [0.2, 0.25) is 5.91 Å². The molecule has 1 atom stereocenters. The van der Waals surface area contributed by atoms with Crippen LogP contribution in [0.2, 0.25) is 0 Å². The molecule has 1 aliphatic rings. The fourth-order valence-electron chi connectivity index (χ4n) is 2.91. The summed E-state index contributed by atoms with van der Waals surface area (Å²) in [6, 6.07) is 5.43. The second-order valence-corrected chi connectivity index (χ2v) is 6.74. The van der Waals surface area contributed by atoms with E-state index in [1.165, 1.54) is 7.11 Å². The Morgan fingerprint density at radius 3 is 3.00 bits per heavy atom. The Bertz CT molecular complexity index is 758. The largest absolute Gasteiger partial charge is 0.465 e. The number of carbonyl (C=O) groups is 2. The lowest BCUT2D eigenvalue weighted by atomic mass is 10.1. The van der Waals surface area contributed by atoms with Gasteiger partial charge in [0, 0.05) is 48.5 Å². The maximum absolute atomic E-state index is 12.3. The minimum absolute atomic E-state index is 0.0425. The van der Waals surface area contributed by atoms with Crippen LogP contribution in [0.25, 0.3) is 10.9 Å². The number of benzene rings is 1. The van der Waals surface area contributed by atoms with Crippen LogP contribution in [0.1, 0.15) is 27.7 Å². The second-order valence-electron chi connectivity index (χ2n) is 5.55. The summed E-state index contributed by atoms with van der Waals surface area (Å²) in [4.78, 5) is 29.1. The van der Waals surface area contributed by atoms with Crippen molar-refractivity contribution in [2.45, 2.75) is 11.8 Å². The quantitative estimate of drug-likeness (QED) is 0.841. The SMILES string of the molecule is COCCN1C(=O)CCSC1c1c[nH]c2cc(C(=O)OC)ccc12. The number of amides is 1. The van der Waals surface area contributed by atoms with Crippen LogP contribution in [-0.2, 0) is 14.3 Å². The smallest absolute Gasteiger partial charge is 0.337 e. The Labute approximate surface area is 144 Å². The third kappa shape index (κ3) is 3.14. The first-order valence-electron chi connectivity index (χ1n) is 7.75. The zero-order valence-corrected chi connectivity index (χ0v) is 14.5. The molecule has 0 radical (unpaired) electrons. The number of H-pyrrole nitrogens is 1. The first kappa shape index (κ1) is 16.9. The maximum Gasteiger partial charge on any atom is 0.337 e. The van der Waals surface area contributed by atoms with Gasteiger partial charge in [-0.1, -0.05) is 6.07 Å². The summed E-state index contributed by atoms with van der Waals surface area (Å²) >= 11 is 1.75. The Hall–Kier alpha value is -1.99. The number of hydrogen-bond donors (Lipinski definition) is 1. The van der Waals surface area contributed by atoms with Crippen molar-refractivity contribution in [3.05, 3.63) is 35.5 Å². The summed E-state index contributed by atoms with van der Waals surface area (Å²) in [5.74, 6) is 0.591. The molecule has 2 aromatic rings. The molecule has 0 spiro atoms. The number of thioether (sulfide) groups is 1. The van der Waals surface area contributed by atoms with Gasteiger partial charge >= 0.3 is 5.97 Å². The van der Waals surface area contributed by atoms with Gasteiger partial charge in [0.1, 0.15) is 5.37 Å². The van der Waals surface area contributed by atoms with E-state index >= 15 is 0 Å². The topological polar surface area (TPSA) is 71.6 Å². The highest BCUT2D eigenvalue weighted by atomic mass is 32.2. The Kier molecular flexibility index (Phi) is 5.11. The van der Waals surface area contributed by atoms with Crippen LogP contribution in [0, 0.1) is 0 Å². The van der Waals surface area contributed by atoms with Crippen molar-refractivity contribution in [2.75, 3.05) is 33.1 Å². The number of ether oxygens (including phenoxy) is 2. The van der Waals surface area contributed by atoms with E-state index in [0.717, 1.165) is 22.2 Å². The number of hydrogen-bond acceptors (Lipinski definition) is 5. The lowest BCUT2D eigenvalue weighted by Gasteiger charge is -2.35. The van der Waals surface area contributed by atoms with Gasteiger partial charge in [0.25, 0.3) is 0 Å². The van der Waals surface area contributed by atoms with Gasteiger partial charge in [-0.05, 0) is 12.1 Å². The number of carbonyl (C=O) groups excluding carboxylic acids is 2. The molecule has 0 saturated carbocycles. The number of rotatable bonds is 5. The maximum atomic E-state index is 12.3. The predicted molar refractivity (Wildman–Crippen MR) is 93.0 cm³/mol. The molecule has 1 fully saturated rings. The molecule has 1 amide bonds. The molecule has 7 heteroatoms. The van der Waals surface area contributed by atoms with Crippen LogP contribution in [0.3, 0.4) is 0 Å². The monoisotopic (exact) mass is 348 g/mol. The van der Waals surface area contributed by atoms with Gasteiger partial charge in [-0.3, -0.25) is 4.79 Å². The Morgan fingerprint density at radius 1 is 1.42 bits per heavy atom. The summed E-state index contributed by atoms with van der Waals surface area (Å²) in [6.45, 7) is 1.08. The molecule has 128 valence electrons. The molecule has 1 aromatic heterocycles. The molecule has 24 heavy (non-hydrogen) atoms. The van der Waals surface area contributed by atoms with E-state index in [0.29, 0.717) is 25.1 Å². The number of aromatic amines is 1. The molecule has 1 aromatic carbocycles. The first-order valence-corrected chi connectivity index (χ1v) is 8.80. The van der Waals surface area contributed by atoms with E-state index in [9.17, 15) is 9.59 Å². The molecule has 0 bridgehead atoms. The van der Waals surface area contributed by atoms with Crippen LogP contribution in [0.5, 0.6) is 0 Å². The van der Waals surface area contributed by atoms with Crippen molar-refractivity contribution < 1.29 is 19.1 Å². The van der Waals surface area contributed by atoms with E-state index in [-0.39, 0.29) is 17.3 Å². The van der Waals surface area contributed by atoms with Crippen LogP contribution >= 0.6 is 11.8 Å². The first-order chi connectivity index (χ1) is 11.7. The fourth-order valence-corrected chi connectivity index (χ4v) is 4.20. The summed E-state index contributed by atoms with van der Waals surface area (Å²) in [5.41, 5.74) is 2.41. The van der Waals surface area contributed by atoms with Crippen molar-refractivity contribution in [3.63, 3.8) is 0 Å². The predicted octanol–water partition coefficient (Wildman–Crippen LogP) is 2.57. The Balaban J connectivity index is 1.95. The molecular formula is C17H20N2O4S. The minimum atomic E-state index is -0.364. The van der Waals surface area contributed by atoms with E-state index in [1.807, 2.05) is 17.2 Å². The molecular weight excluding hydrogens is 328 g/mol. The number of nitrogens with one attached hydrogen (secondary N) is 1. The minimum Gasteiger partial charge on any atom is -0.465 e. The van der Waals surface area contributed by atoms with Crippen molar-refractivity contribution in [1.29, 1.82) is 0 Å². The van der Waals surface area contributed by atoms with Crippen LogP contribution < -0.4 is 0 Å². The van der Waals surface area contributed by atoms with Crippen LogP contribution in [-0.4, -0.2) is 54.9 Å². The van der Waals surface area contributed by atoms with Gasteiger partial charge in [0.15, 0.2) is 0 Å². The number of esters is 1. The molecule has 1 N–H and O–H groups in total. The second kappa shape index (κ2) is 7.27. The number of methoxy groups -OCH3 is 2. The van der Waals surface area contributed by atoms with Gasteiger partial charge in [0.05, 0.1) is 19.3 Å². The van der Waals surface area contributed by atoms with Gasteiger partial charge in [-0.15, -0.1) is 11.8 Å². The average molecular weight is 348 g/mol. The van der Waals surface area contributed by atoms with Gasteiger partial charge < -0.3 is 19.4 Å². The Morgan fingerprint density at radius 2 is 2.25 bits per heavy atom. The van der Waals surface area contributed by atoms with E-state index in [2.05, 4.69) is 4.98 Å². The summed E-state index contributed by atoms with van der Waals surface area (Å²) in [7, 11) is 3.00. The van der Waals surface area contributed by atoms with Gasteiger partial charge in [-0.2, -0.15) is 0 Å². The number of nitrogens with zero attached hydrogens (tertiary/aromatic N) is 1. The molecule has 3 rings (SSSR count). The lowest BCUT2D eigenvalue weighted by Crippen LogP contribution is -2.39. The molecule has 1 unspecified atom stereocenters. The molecule has 1 aliphatic heterocycles. The molecule has 0 aliphatic carbocycles. The van der Waals surface area contributed by atoms with Crippen LogP contribution in [0.4, 0.5) is 0 Å². The van der Waals surface area contributed by atoms with Crippen molar-refractivity contribution >= 4 is 34.5 Å². The zero-order chi connectivity index (χ0) is 17.1. The normalized spacial score (nSPS) is 18.2. The highest BCUT2D eigenvalue weighted by Gasteiger charge is 2.31. The summed E-state index contributed by atoms with van der Waals surface area (Å²) < 4.78 is 9.90. The van der Waals surface area contributed by atoms with E-state index < -0.39 is 0 Å². The van der Waals surface area contributed by atoms with Gasteiger partial charge in [-0.25, -0.2) is 4.79 Å². The van der Waals surface area contributed by atoms with Crippen molar-refractivity contribution in [2.24, 2.45) is 0 Å². The highest BCUT2D eigenvalue weighted by Crippen LogP contribution is 2.40. The standard InChI is InChI=1S/C17H20N2O4S/c1-22-7-6-19-15(20)5-8-24-16(19)13-10-18-14-9-11(17(21)23-2)3-4-12(13)14/h3-4,9-10,16,18H,5-8H2,1-2H3. The summed E-state index contributed by atoms with van der Waals surface area (Å²) in [5, 5.41) is 0.969. The van der Waals surface area contributed by atoms with Crippen molar-refractivity contribution in [3.8, 4) is 0 Å². The molecule has 1 saturated heterocycles. The molecule has 2 heterocycles. The van der Waals surface area contributed by atoms with Crippen molar-refractivity contribution in [1.82, 2.24) is 9.88 Å². The number of aromatic nitrogens is 1. The number of fused-ring (bicyclic) bond motifs is 1. The van der Waals surface area contributed by atoms with E-state index in [4.69, 9.17) is 9.47 Å². The third-order valence-corrected chi connectivity index (χ3v) is 5.40. The highest BCUT2D eigenvalue weighted by molar-refractivity contribution is 7.99. The van der Waals surface area contributed by atoms with E-state index in [1.54, 1.807) is 31.0 Å². The third-order valence-electron chi connectivity index (χ3n) is 4.13.